The lowest BCUT2D eigenvalue weighted by Gasteiger charge is -2.12. The number of benzene rings is 1. The fraction of sp³-hybridized carbons (Fsp3) is 0.500. The minimum atomic E-state index is -4.56. The molecule has 1 aliphatic heterocycles. The van der Waals surface area contributed by atoms with E-state index in [9.17, 15) is 23.3 Å². The molecule has 1 saturated heterocycles. The Morgan fingerprint density at radius 1 is 1.42 bits per heavy atom. The van der Waals surface area contributed by atoms with Crippen LogP contribution in [0.4, 0.5) is 18.9 Å². The summed E-state index contributed by atoms with van der Waals surface area (Å²) < 4.78 is 37.6. The summed E-state index contributed by atoms with van der Waals surface area (Å²) in [5, 5.41) is 14.1. The molecule has 1 unspecified atom stereocenters. The predicted octanol–water partition coefficient (Wildman–Crippen LogP) is 2.91. The van der Waals surface area contributed by atoms with E-state index in [-0.39, 0.29) is 6.04 Å². The summed E-state index contributed by atoms with van der Waals surface area (Å²) in [4.78, 5) is 10.1. The Bertz CT molecular complexity index is 482. The van der Waals surface area contributed by atoms with Crippen LogP contribution in [0.25, 0.3) is 0 Å². The van der Waals surface area contributed by atoms with E-state index >= 15 is 0 Å². The highest BCUT2D eigenvalue weighted by atomic mass is 19.4. The smallest absolute Gasteiger partial charge is 0.314 e. The van der Waals surface area contributed by atoms with Crippen LogP contribution in [0.5, 0.6) is 0 Å². The van der Waals surface area contributed by atoms with Gasteiger partial charge in [0.1, 0.15) is 0 Å². The van der Waals surface area contributed by atoms with Gasteiger partial charge < -0.3 is 5.32 Å². The largest absolute Gasteiger partial charge is 0.416 e. The molecule has 1 aliphatic rings. The molecule has 0 aromatic heterocycles. The summed E-state index contributed by atoms with van der Waals surface area (Å²) >= 11 is 0. The number of rotatable bonds is 3. The Morgan fingerprint density at radius 3 is 2.68 bits per heavy atom. The molecule has 1 N–H and O–H groups in total. The third-order valence-electron chi connectivity index (χ3n) is 3.24. The monoisotopic (exact) mass is 274 g/mol. The lowest BCUT2D eigenvalue weighted by atomic mass is 10.0. The molecule has 0 spiro atoms. The van der Waals surface area contributed by atoms with Crippen molar-refractivity contribution in [3.8, 4) is 0 Å². The number of nitrogens with one attached hydrogen (secondary N) is 1. The van der Waals surface area contributed by atoms with E-state index in [1.807, 2.05) is 0 Å². The standard InChI is InChI=1S/C12H13F3N2O2/c13-12(14,15)9-4-3-8(11(7-9)17(18)19)6-10-2-1-5-16-10/h3-4,7,10,16H,1-2,5-6H2. The zero-order chi connectivity index (χ0) is 14.0. The first-order valence-corrected chi connectivity index (χ1v) is 5.96. The second kappa shape index (κ2) is 5.16. The fourth-order valence-electron chi connectivity index (χ4n) is 2.28. The molecule has 1 heterocycles. The van der Waals surface area contributed by atoms with Crippen LogP contribution in [0, 0.1) is 10.1 Å². The number of halogens is 3. The van der Waals surface area contributed by atoms with E-state index in [4.69, 9.17) is 0 Å². The molecule has 0 radical (unpaired) electrons. The summed E-state index contributed by atoms with van der Waals surface area (Å²) in [5.41, 5.74) is -1.09. The number of nitro groups is 1. The number of alkyl halides is 3. The van der Waals surface area contributed by atoms with Gasteiger partial charge in [0.05, 0.1) is 10.5 Å². The van der Waals surface area contributed by atoms with Gasteiger partial charge in [-0.05, 0) is 31.9 Å². The molecule has 1 aromatic rings. The van der Waals surface area contributed by atoms with E-state index in [0.29, 0.717) is 18.1 Å². The second-order valence-electron chi connectivity index (χ2n) is 4.60. The molecular formula is C12H13F3N2O2. The van der Waals surface area contributed by atoms with Crippen LogP contribution in [-0.2, 0) is 12.6 Å². The van der Waals surface area contributed by atoms with Gasteiger partial charge in [-0.15, -0.1) is 0 Å². The average Bonchev–Trinajstić information content (AvgIpc) is 2.80. The Morgan fingerprint density at radius 2 is 2.16 bits per heavy atom. The summed E-state index contributed by atoms with van der Waals surface area (Å²) in [6.45, 7) is 0.846. The van der Waals surface area contributed by atoms with Gasteiger partial charge >= 0.3 is 6.18 Å². The van der Waals surface area contributed by atoms with Crippen LogP contribution < -0.4 is 5.32 Å². The summed E-state index contributed by atoms with van der Waals surface area (Å²) in [7, 11) is 0. The van der Waals surface area contributed by atoms with Gasteiger partial charge in [0.15, 0.2) is 0 Å². The number of nitrogens with zero attached hydrogens (tertiary/aromatic N) is 1. The van der Waals surface area contributed by atoms with Crippen molar-refractivity contribution in [1.82, 2.24) is 5.32 Å². The summed E-state index contributed by atoms with van der Waals surface area (Å²) in [5.74, 6) is 0. The molecule has 0 aliphatic carbocycles. The first-order valence-electron chi connectivity index (χ1n) is 5.96. The van der Waals surface area contributed by atoms with Crippen LogP contribution >= 0.6 is 0 Å². The minimum Gasteiger partial charge on any atom is -0.314 e. The van der Waals surface area contributed by atoms with Gasteiger partial charge in [-0.3, -0.25) is 10.1 Å². The zero-order valence-corrected chi connectivity index (χ0v) is 10.0. The first-order chi connectivity index (χ1) is 8.88. The topological polar surface area (TPSA) is 55.2 Å². The zero-order valence-electron chi connectivity index (χ0n) is 10.0. The van der Waals surface area contributed by atoms with Crippen molar-refractivity contribution < 1.29 is 18.1 Å². The maximum atomic E-state index is 12.5. The minimum absolute atomic E-state index is 0.107. The Labute approximate surface area is 107 Å². The van der Waals surface area contributed by atoms with E-state index < -0.39 is 22.4 Å². The maximum absolute atomic E-state index is 12.5. The van der Waals surface area contributed by atoms with Gasteiger partial charge in [0, 0.05) is 17.7 Å². The molecule has 0 bridgehead atoms. The molecule has 1 atom stereocenters. The van der Waals surface area contributed by atoms with Gasteiger partial charge in [-0.2, -0.15) is 13.2 Å². The molecule has 0 saturated carbocycles. The van der Waals surface area contributed by atoms with Gasteiger partial charge in [-0.25, -0.2) is 0 Å². The highest BCUT2D eigenvalue weighted by Crippen LogP contribution is 2.33. The van der Waals surface area contributed by atoms with E-state index in [1.54, 1.807) is 0 Å². The predicted molar refractivity (Wildman–Crippen MR) is 62.8 cm³/mol. The van der Waals surface area contributed by atoms with Crippen LogP contribution in [0.2, 0.25) is 0 Å². The molecule has 1 aromatic carbocycles. The SMILES string of the molecule is O=[N+]([O-])c1cc(C(F)(F)F)ccc1CC1CCCN1. The quantitative estimate of drug-likeness (QED) is 0.681. The third-order valence-corrected chi connectivity index (χ3v) is 3.24. The Kier molecular flexibility index (Phi) is 3.75. The van der Waals surface area contributed by atoms with Crippen molar-refractivity contribution in [2.75, 3.05) is 6.54 Å². The van der Waals surface area contributed by atoms with Gasteiger partial charge in [0.2, 0.25) is 0 Å². The molecule has 4 nitrogen and oxygen atoms in total. The van der Waals surface area contributed by atoms with Crippen LogP contribution in [0.15, 0.2) is 18.2 Å². The van der Waals surface area contributed by atoms with Crippen LogP contribution in [-0.4, -0.2) is 17.5 Å². The summed E-state index contributed by atoms with van der Waals surface area (Å²) in [6.07, 6.45) is -2.30. The van der Waals surface area contributed by atoms with Gasteiger partial charge in [-0.1, -0.05) is 6.07 Å². The Balaban J connectivity index is 2.29. The van der Waals surface area contributed by atoms with Crippen molar-refractivity contribution in [2.45, 2.75) is 31.5 Å². The molecule has 19 heavy (non-hydrogen) atoms. The van der Waals surface area contributed by atoms with Crippen LogP contribution in [0.3, 0.4) is 0 Å². The normalized spacial score (nSPS) is 19.6. The first kappa shape index (κ1) is 13.8. The van der Waals surface area contributed by atoms with E-state index in [0.717, 1.165) is 25.5 Å². The molecule has 104 valence electrons. The molecule has 2 rings (SSSR count). The van der Waals surface area contributed by atoms with E-state index in [2.05, 4.69) is 5.32 Å². The number of hydrogen-bond donors (Lipinski definition) is 1. The third kappa shape index (κ3) is 3.23. The molecule has 7 heteroatoms. The second-order valence-corrected chi connectivity index (χ2v) is 4.60. The Hall–Kier alpha value is -1.63. The van der Waals surface area contributed by atoms with Crippen molar-refractivity contribution in [1.29, 1.82) is 0 Å². The highest BCUT2D eigenvalue weighted by Gasteiger charge is 2.33. The number of nitro benzene ring substituents is 1. The summed E-state index contributed by atoms with van der Waals surface area (Å²) in [6, 6.07) is 2.83. The van der Waals surface area contributed by atoms with E-state index in [1.165, 1.54) is 6.07 Å². The van der Waals surface area contributed by atoms with Crippen molar-refractivity contribution >= 4 is 5.69 Å². The lowest BCUT2D eigenvalue weighted by molar-refractivity contribution is -0.385. The molecular weight excluding hydrogens is 261 g/mol. The highest BCUT2D eigenvalue weighted by molar-refractivity contribution is 5.44. The van der Waals surface area contributed by atoms with Crippen LogP contribution in [0.1, 0.15) is 24.0 Å². The fourth-order valence-corrected chi connectivity index (χ4v) is 2.28. The van der Waals surface area contributed by atoms with Crippen molar-refractivity contribution in [2.24, 2.45) is 0 Å². The van der Waals surface area contributed by atoms with Crippen molar-refractivity contribution in [3.63, 3.8) is 0 Å². The maximum Gasteiger partial charge on any atom is 0.416 e. The molecule has 0 amide bonds. The number of hydrogen-bond acceptors (Lipinski definition) is 3. The van der Waals surface area contributed by atoms with Gasteiger partial charge in [0.25, 0.3) is 5.69 Å². The molecule has 1 fully saturated rings. The lowest BCUT2D eigenvalue weighted by Crippen LogP contribution is -2.24. The average molecular weight is 274 g/mol. The van der Waals surface area contributed by atoms with Crippen molar-refractivity contribution in [3.05, 3.63) is 39.4 Å².